The Morgan fingerprint density at radius 1 is 0.305 bits per heavy atom. The molecule has 0 radical (unpaired) electrons. The number of thiophene rings is 4. The summed E-state index contributed by atoms with van der Waals surface area (Å²) < 4.78 is 9.96. The second-order valence-electron chi connectivity index (χ2n) is 14.7. The summed E-state index contributed by atoms with van der Waals surface area (Å²) in [5.41, 5.74) is 3.96. The Bertz CT molecular complexity index is 3590. The Morgan fingerprint density at radius 3 is 1.15 bits per heavy atom. The van der Waals surface area contributed by atoms with E-state index in [-0.39, 0.29) is 0 Å². The van der Waals surface area contributed by atoms with Crippen molar-refractivity contribution >= 4 is 143 Å². The quantitative estimate of drug-likeness (QED) is 0.173. The van der Waals surface area contributed by atoms with E-state index in [4.69, 9.17) is 15.0 Å². The zero-order valence-corrected chi connectivity index (χ0v) is 34.4. The molecule has 0 atom stereocenters. The van der Waals surface area contributed by atoms with Crippen molar-refractivity contribution in [2.45, 2.75) is 0 Å². The van der Waals surface area contributed by atoms with Gasteiger partial charge in [-0.25, -0.2) is 4.98 Å². The minimum absolute atomic E-state index is 0.570. The molecule has 4 nitrogen and oxygen atoms in total. The molecule has 0 saturated heterocycles. The van der Waals surface area contributed by atoms with Crippen LogP contribution in [0, 0.1) is 0 Å². The van der Waals surface area contributed by atoms with E-state index in [1.54, 1.807) is 0 Å². The molecule has 0 N–H and O–H groups in total. The van der Waals surface area contributed by atoms with Crippen molar-refractivity contribution in [1.82, 2.24) is 15.0 Å². The van der Waals surface area contributed by atoms with Gasteiger partial charge in [0, 0.05) is 91.8 Å². The average molecular weight is 825 g/mol. The molecule has 0 aliphatic heterocycles. The van der Waals surface area contributed by atoms with Crippen LogP contribution < -0.4 is 4.90 Å². The maximum absolute atomic E-state index is 5.51. The summed E-state index contributed by atoms with van der Waals surface area (Å²) in [6.07, 6.45) is 0. The highest BCUT2D eigenvalue weighted by Gasteiger charge is 2.26. The van der Waals surface area contributed by atoms with Crippen LogP contribution in [0.25, 0.3) is 103 Å². The maximum atomic E-state index is 5.51. The van der Waals surface area contributed by atoms with Crippen molar-refractivity contribution in [3.8, 4) is 22.8 Å². The number of benzene rings is 8. The normalized spacial score (nSPS) is 12.1. The summed E-state index contributed by atoms with van der Waals surface area (Å²) in [4.78, 5) is 18.7. The molecule has 13 aromatic rings. The Hall–Kier alpha value is -6.55. The first kappa shape index (κ1) is 33.4. The summed E-state index contributed by atoms with van der Waals surface area (Å²) in [6, 6.07) is 61.2. The molecule has 5 heterocycles. The second kappa shape index (κ2) is 13.0. The standard InChI is InChI=1S/C51H28N4S4/c1-5-17-39-31(11-1)35-27-29(23-25-43(35)56-39)49-52-50(30-24-26-44-36(28-30)32-12-2-6-18-40(32)57-44)54-51(53-49)55(37-15-9-21-45-47(37)33-13-3-7-19-41(33)58-45)38-16-10-22-46-48(38)34-14-4-8-20-42(34)59-46/h1-28H. The van der Waals surface area contributed by atoms with E-state index in [0.29, 0.717) is 17.6 Å². The first-order valence-electron chi connectivity index (χ1n) is 19.4. The molecule has 276 valence electrons. The molecule has 0 spiro atoms. The van der Waals surface area contributed by atoms with Crippen LogP contribution in [0.2, 0.25) is 0 Å². The van der Waals surface area contributed by atoms with E-state index in [9.17, 15) is 0 Å². The minimum atomic E-state index is 0.570. The number of hydrogen-bond donors (Lipinski definition) is 0. The fourth-order valence-electron chi connectivity index (χ4n) is 8.68. The molecular formula is C51H28N4S4. The Labute approximate surface area is 353 Å². The molecular weight excluding hydrogens is 797 g/mol. The Kier molecular flexibility index (Phi) is 7.35. The zero-order chi connectivity index (χ0) is 38.6. The van der Waals surface area contributed by atoms with Gasteiger partial charge >= 0.3 is 0 Å². The van der Waals surface area contributed by atoms with Crippen LogP contribution in [0.15, 0.2) is 170 Å². The van der Waals surface area contributed by atoms with Crippen LogP contribution in [-0.2, 0) is 0 Å². The monoisotopic (exact) mass is 824 g/mol. The fraction of sp³-hybridized carbons (Fsp3) is 0. The molecule has 59 heavy (non-hydrogen) atoms. The van der Waals surface area contributed by atoms with Crippen molar-refractivity contribution in [3.63, 3.8) is 0 Å². The van der Waals surface area contributed by atoms with Crippen molar-refractivity contribution in [1.29, 1.82) is 0 Å². The number of nitrogens with zero attached hydrogens (tertiary/aromatic N) is 4. The van der Waals surface area contributed by atoms with Gasteiger partial charge in [-0.1, -0.05) is 84.9 Å². The third-order valence-electron chi connectivity index (χ3n) is 11.3. The van der Waals surface area contributed by atoms with E-state index in [1.165, 1.54) is 80.7 Å². The summed E-state index contributed by atoms with van der Waals surface area (Å²) in [5, 5.41) is 9.71. The van der Waals surface area contributed by atoms with E-state index >= 15 is 0 Å². The van der Waals surface area contributed by atoms with Crippen molar-refractivity contribution in [2.24, 2.45) is 0 Å². The predicted molar refractivity (Wildman–Crippen MR) is 257 cm³/mol. The molecule has 0 amide bonds. The third-order valence-corrected chi connectivity index (χ3v) is 15.9. The van der Waals surface area contributed by atoms with Gasteiger partial charge in [0.15, 0.2) is 11.6 Å². The lowest BCUT2D eigenvalue weighted by atomic mass is 10.1. The molecule has 0 saturated carbocycles. The Balaban J connectivity index is 1.14. The summed E-state index contributed by atoms with van der Waals surface area (Å²) in [7, 11) is 0. The summed E-state index contributed by atoms with van der Waals surface area (Å²) >= 11 is 7.28. The molecule has 13 rings (SSSR count). The highest BCUT2D eigenvalue weighted by atomic mass is 32.1. The van der Waals surface area contributed by atoms with Crippen molar-refractivity contribution in [2.75, 3.05) is 4.90 Å². The fourth-order valence-corrected chi connectivity index (χ4v) is 13.1. The topological polar surface area (TPSA) is 41.9 Å². The third kappa shape index (κ3) is 5.21. The van der Waals surface area contributed by atoms with Gasteiger partial charge in [0.25, 0.3) is 0 Å². The number of rotatable bonds is 5. The van der Waals surface area contributed by atoms with Crippen LogP contribution in [0.1, 0.15) is 0 Å². The van der Waals surface area contributed by atoms with Gasteiger partial charge in [0.2, 0.25) is 5.95 Å². The highest BCUT2D eigenvalue weighted by molar-refractivity contribution is 7.27. The summed E-state index contributed by atoms with van der Waals surface area (Å²) in [5.74, 6) is 1.83. The van der Waals surface area contributed by atoms with E-state index in [2.05, 4.69) is 175 Å². The van der Waals surface area contributed by atoms with Crippen LogP contribution in [0.4, 0.5) is 17.3 Å². The van der Waals surface area contributed by atoms with Crippen LogP contribution in [0.5, 0.6) is 0 Å². The molecule has 0 aliphatic rings. The van der Waals surface area contributed by atoms with Gasteiger partial charge < -0.3 is 0 Å². The van der Waals surface area contributed by atoms with E-state index in [1.807, 2.05) is 45.3 Å². The lowest BCUT2D eigenvalue weighted by Crippen LogP contribution is -2.16. The first-order valence-corrected chi connectivity index (χ1v) is 22.7. The van der Waals surface area contributed by atoms with Gasteiger partial charge in [-0.2, -0.15) is 9.97 Å². The molecule has 0 fully saturated rings. The average Bonchev–Trinajstić information content (AvgIpc) is 4.06. The second-order valence-corrected chi connectivity index (χ2v) is 19.1. The lowest BCUT2D eigenvalue weighted by Gasteiger charge is -2.26. The molecule has 0 aliphatic carbocycles. The van der Waals surface area contributed by atoms with Crippen LogP contribution in [-0.4, -0.2) is 15.0 Å². The van der Waals surface area contributed by atoms with E-state index in [0.717, 1.165) is 22.5 Å². The van der Waals surface area contributed by atoms with Gasteiger partial charge in [-0.15, -0.1) is 45.3 Å². The van der Waals surface area contributed by atoms with Crippen LogP contribution >= 0.6 is 45.3 Å². The smallest absolute Gasteiger partial charge is 0.238 e. The highest BCUT2D eigenvalue weighted by Crippen LogP contribution is 2.49. The van der Waals surface area contributed by atoms with Gasteiger partial charge in [-0.3, -0.25) is 4.90 Å². The minimum Gasteiger partial charge on any atom is -0.278 e. The van der Waals surface area contributed by atoms with Gasteiger partial charge in [0.1, 0.15) is 0 Å². The number of anilines is 3. The van der Waals surface area contributed by atoms with Crippen molar-refractivity contribution < 1.29 is 0 Å². The Morgan fingerprint density at radius 2 is 0.678 bits per heavy atom. The summed E-state index contributed by atoms with van der Waals surface area (Å²) in [6.45, 7) is 0. The van der Waals surface area contributed by atoms with Gasteiger partial charge in [-0.05, 0) is 84.9 Å². The zero-order valence-electron chi connectivity index (χ0n) is 31.1. The largest absolute Gasteiger partial charge is 0.278 e. The predicted octanol–water partition coefficient (Wildman–Crippen LogP) is 16.1. The number of aromatic nitrogens is 3. The maximum Gasteiger partial charge on any atom is 0.238 e. The van der Waals surface area contributed by atoms with Crippen molar-refractivity contribution in [3.05, 3.63) is 170 Å². The molecule has 5 aromatic heterocycles. The number of fused-ring (bicyclic) bond motifs is 12. The number of hydrogen-bond acceptors (Lipinski definition) is 8. The molecule has 8 heteroatoms. The lowest BCUT2D eigenvalue weighted by molar-refractivity contribution is 1.03. The first-order chi connectivity index (χ1) is 29.2. The molecule has 0 bridgehead atoms. The molecule has 0 unspecified atom stereocenters. The molecule has 8 aromatic carbocycles. The SMILES string of the molecule is c1ccc2c(c1)sc1ccc(-c3nc(-c4ccc5sc6ccccc6c5c4)nc(N(c4cccc5sc6ccccc6c45)c4cccc5sc6ccccc6c45)n3)cc12. The van der Waals surface area contributed by atoms with Crippen LogP contribution in [0.3, 0.4) is 0 Å². The van der Waals surface area contributed by atoms with E-state index < -0.39 is 0 Å². The van der Waals surface area contributed by atoms with Gasteiger partial charge in [0.05, 0.1) is 11.4 Å².